The maximum atomic E-state index is 2.98. The van der Waals surface area contributed by atoms with Crippen molar-refractivity contribution in [1.82, 2.24) is 0 Å². The largest absolute Gasteiger partial charge is 0.110 e. The van der Waals surface area contributed by atoms with Gasteiger partial charge >= 0.3 is 0 Å². The summed E-state index contributed by atoms with van der Waals surface area (Å²) in [6.07, 6.45) is 0. The molecule has 0 spiro atoms. The van der Waals surface area contributed by atoms with Crippen molar-refractivity contribution in [2.75, 3.05) is 12.6 Å². The van der Waals surface area contributed by atoms with Crippen LogP contribution in [-0.4, -0.2) is 12.6 Å². The SMILES string of the molecule is CP(CP(P)PP)PP. The van der Waals surface area contributed by atoms with Crippen LogP contribution in [0.5, 0.6) is 0 Å². The molecule has 0 saturated heterocycles. The summed E-state index contributed by atoms with van der Waals surface area (Å²) in [5.41, 5.74) is 0. The first kappa shape index (κ1) is 12.0. The molecule has 7 unspecified atom stereocenters. The van der Waals surface area contributed by atoms with Gasteiger partial charge in [0.25, 0.3) is 0 Å². The highest BCUT2D eigenvalue weighted by Gasteiger charge is 2.02. The zero-order valence-corrected chi connectivity index (χ0v) is 12.6. The van der Waals surface area contributed by atoms with E-state index in [0.717, 1.165) is 15.9 Å². The van der Waals surface area contributed by atoms with Crippen molar-refractivity contribution >= 4 is 57.6 Å². The van der Waals surface area contributed by atoms with E-state index in [4.69, 9.17) is 0 Å². The van der Waals surface area contributed by atoms with Gasteiger partial charge in [-0.15, -0.1) is 26.8 Å². The monoisotopic (exact) mass is 254 g/mol. The van der Waals surface area contributed by atoms with E-state index in [0.29, 0.717) is 14.9 Å². The summed E-state index contributed by atoms with van der Waals surface area (Å²) in [5, 5.41) is 0. The van der Waals surface area contributed by atoms with Gasteiger partial charge in [0, 0.05) is 0 Å². The first-order chi connectivity index (χ1) is 4.20. The molecule has 0 nitrogen and oxygen atoms in total. The third kappa shape index (κ3) is 7.37. The van der Waals surface area contributed by atoms with Gasteiger partial charge in [0.15, 0.2) is 0 Å². The molecule has 0 N–H and O–H groups in total. The van der Waals surface area contributed by atoms with Crippen molar-refractivity contribution in [3.8, 4) is 0 Å². The van der Waals surface area contributed by atoms with E-state index in [-0.39, 0.29) is 0 Å². The molecule has 7 heteroatoms. The van der Waals surface area contributed by atoms with Crippen molar-refractivity contribution < 1.29 is 0 Å². The minimum absolute atomic E-state index is 0.306. The van der Waals surface area contributed by atoms with Crippen LogP contribution < -0.4 is 0 Å². The number of rotatable bonds is 4. The molecular weight excluding hydrogens is 241 g/mol. The Bertz CT molecular complexity index is 55.9. The van der Waals surface area contributed by atoms with E-state index >= 15 is 0 Å². The fourth-order valence-electron chi connectivity index (χ4n) is 0.310. The van der Waals surface area contributed by atoms with Gasteiger partial charge in [0.1, 0.15) is 0 Å². The Morgan fingerprint density at radius 1 is 1.33 bits per heavy atom. The normalized spacial score (nSPS) is 20.0. The van der Waals surface area contributed by atoms with Gasteiger partial charge in [-0.1, -0.05) is 30.8 Å². The maximum absolute atomic E-state index is 2.98. The van der Waals surface area contributed by atoms with Crippen molar-refractivity contribution in [1.29, 1.82) is 0 Å². The molecule has 0 bridgehead atoms. The average molecular weight is 254 g/mol. The van der Waals surface area contributed by atoms with E-state index in [1.165, 1.54) is 5.90 Å². The van der Waals surface area contributed by atoms with Crippen LogP contribution in [0.1, 0.15) is 0 Å². The first-order valence-electron chi connectivity index (χ1n) is 2.36. The summed E-state index contributed by atoms with van der Waals surface area (Å²) in [5.74, 6) is 1.49. The Morgan fingerprint density at radius 3 is 2.22 bits per heavy atom. The Morgan fingerprint density at radius 2 is 1.89 bits per heavy atom. The summed E-state index contributed by atoms with van der Waals surface area (Å²) >= 11 is 0. The summed E-state index contributed by atoms with van der Waals surface area (Å²) in [7, 11) is 11.5. The fraction of sp³-hybridized carbons (Fsp3) is 1.00. The second kappa shape index (κ2) is 7.65. The van der Waals surface area contributed by atoms with Crippen LogP contribution in [0.15, 0.2) is 0 Å². The molecule has 0 aromatic carbocycles. The molecule has 0 saturated carbocycles. The molecule has 0 aliphatic carbocycles. The van der Waals surface area contributed by atoms with E-state index < -0.39 is 0 Å². The quantitative estimate of drug-likeness (QED) is 0.662. The van der Waals surface area contributed by atoms with Gasteiger partial charge in [-0.2, -0.15) is 0 Å². The minimum Gasteiger partial charge on any atom is -0.110 e. The highest BCUT2D eigenvalue weighted by molar-refractivity contribution is 8.63. The van der Waals surface area contributed by atoms with Gasteiger partial charge in [0.2, 0.25) is 0 Å². The number of hydrogen-bond donors (Lipinski definition) is 0. The van der Waals surface area contributed by atoms with Gasteiger partial charge in [-0.25, -0.2) is 0 Å². The fourth-order valence-corrected chi connectivity index (χ4v) is 16.9. The Labute approximate surface area is 70.4 Å². The molecule has 9 heavy (non-hydrogen) atoms. The van der Waals surface area contributed by atoms with E-state index in [1.54, 1.807) is 0 Å². The Balaban J connectivity index is 3.22. The summed E-state index contributed by atoms with van der Waals surface area (Å²) < 4.78 is 0. The topological polar surface area (TPSA) is 0 Å². The van der Waals surface area contributed by atoms with Crippen molar-refractivity contribution in [3.63, 3.8) is 0 Å². The summed E-state index contributed by atoms with van der Waals surface area (Å²) in [4.78, 5) is 0. The lowest BCUT2D eigenvalue weighted by atomic mass is 11.9. The molecular formula is C2H13P7. The molecule has 0 heterocycles. The van der Waals surface area contributed by atoms with Crippen LogP contribution in [0.3, 0.4) is 0 Å². The highest BCUT2D eigenvalue weighted by Crippen LogP contribution is 2.74. The predicted octanol–water partition coefficient (Wildman–Crippen LogP) is 4.09. The second-order valence-corrected chi connectivity index (χ2v) is 19.2. The van der Waals surface area contributed by atoms with Gasteiger partial charge in [-0.3, -0.25) is 0 Å². The van der Waals surface area contributed by atoms with Crippen molar-refractivity contribution in [3.05, 3.63) is 0 Å². The molecule has 0 aliphatic heterocycles. The van der Waals surface area contributed by atoms with E-state index in [9.17, 15) is 0 Å². The van der Waals surface area contributed by atoms with Crippen LogP contribution >= 0.6 is 57.6 Å². The third-order valence-electron chi connectivity index (χ3n) is 0.751. The third-order valence-corrected chi connectivity index (χ3v) is 21.7. The maximum Gasteiger partial charge on any atom is -0.00102 e. The summed E-state index contributed by atoms with van der Waals surface area (Å²) in [6.45, 7) is 2.39. The molecule has 0 radical (unpaired) electrons. The molecule has 0 aromatic rings. The smallest absolute Gasteiger partial charge is 0.00102 e. The molecule has 7 atom stereocenters. The Kier molecular flexibility index (Phi) is 10.2. The predicted molar refractivity (Wildman–Crippen MR) is 70.4 cm³/mol. The highest BCUT2D eigenvalue weighted by atomic mass is 32.6. The van der Waals surface area contributed by atoms with Gasteiger partial charge in [-0.05, 0) is 12.6 Å². The molecule has 0 aromatic heterocycles. The van der Waals surface area contributed by atoms with Crippen LogP contribution in [0.2, 0.25) is 0 Å². The summed E-state index contributed by atoms with van der Waals surface area (Å²) in [6, 6.07) is 0. The van der Waals surface area contributed by atoms with Crippen LogP contribution in [0.4, 0.5) is 0 Å². The van der Waals surface area contributed by atoms with E-state index in [2.05, 4.69) is 33.5 Å². The van der Waals surface area contributed by atoms with Gasteiger partial charge < -0.3 is 0 Å². The molecule has 0 rings (SSSR count). The number of hydrogen-bond acceptors (Lipinski definition) is 0. The minimum atomic E-state index is 0.306. The standard InChI is InChI=1S/C2H13P7/c1-8(6-3)2-9(5)7-4/h6-7H,2-5H2,1H3. The van der Waals surface area contributed by atoms with Crippen LogP contribution in [0.25, 0.3) is 0 Å². The zero-order chi connectivity index (χ0) is 7.28. The van der Waals surface area contributed by atoms with Gasteiger partial charge in [0.05, 0.1) is 0 Å². The molecule has 56 valence electrons. The Hall–Kier alpha value is 3.01. The molecule has 0 fully saturated rings. The first-order valence-corrected chi connectivity index (χ1v) is 14.8. The lowest BCUT2D eigenvalue weighted by Gasteiger charge is -2.13. The van der Waals surface area contributed by atoms with Crippen molar-refractivity contribution in [2.24, 2.45) is 0 Å². The zero-order valence-electron chi connectivity index (χ0n) is 5.33. The lowest BCUT2D eigenvalue weighted by molar-refractivity contribution is 2.17. The molecule has 0 aliphatic rings. The second-order valence-electron chi connectivity index (χ2n) is 1.57. The van der Waals surface area contributed by atoms with Crippen LogP contribution in [-0.2, 0) is 0 Å². The van der Waals surface area contributed by atoms with Crippen LogP contribution in [0, 0.1) is 0 Å². The van der Waals surface area contributed by atoms with E-state index in [1.807, 2.05) is 0 Å². The molecule has 0 amide bonds. The van der Waals surface area contributed by atoms with Crippen molar-refractivity contribution in [2.45, 2.75) is 0 Å². The average Bonchev–Trinajstić information content (AvgIpc) is 1.87. The lowest BCUT2D eigenvalue weighted by Crippen LogP contribution is -1.61.